The second kappa shape index (κ2) is 6.67. The van der Waals surface area contributed by atoms with Crippen molar-refractivity contribution in [1.82, 2.24) is 19.1 Å². The Hall–Kier alpha value is -2.80. The predicted octanol–water partition coefficient (Wildman–Crippen LogP) is 5.47. The summed E-state index contributed by atoms with van der Waals surface area (Å²) in [7, 11) is 1.55. The molecule has 3 aromatic heterocycles. The van der Waals surface area contributed by atoms with E-state index in [9.17, 15) is 13.2 Å². The Bertz CT molecular complexity index is 1160. The number of aromatic nitrogens is 4. The average Bonchev–Trinajstić information content (AvgIpc) is 3.20. The van der Waals surface area contributed by atoms with Gasteiger partial charge in [0.05, 0.1) is 5.52 Å². The zero-order valence-electron chi connectivity index (χ0n) is 15.1. The fourth-order valence-corrected chi connectivity index (χ4v) is 3.51. The molecule has 0 radical (unpaired) electrons. The van der Waals surface area contributed by atoms with E-state index in [1.54, 1.807) is 19.2 Å². The fraction of sp³-hybridized carbons (Fsp3) is 0.200. The standard InChI is InChI=1S/C20H16ClF3N4/c1-12-15-7-8-28(16(15)9-18(21)25-12)10-13-3-5-14(6-4-13)19-26-17(11-27(19)2)20(22,23)24/h3-9,11H,10H2,1-2H3. The van der Waals surface area contributed by atoms with Crippen molar-refractivity contribution in [2.75, 3.05) is 0 Å². The van der Waals surface area contributed by atoms with Crippen molar-refractivity contribution in [2.45, 2.75) is 19.6 Å². The SMILES string of the molecule is Cc1nc(Cl)cc2c1ccn2Cc1ccc(-c2nc(C(F)(F)F)cn2C)cc1. The number of aryl methyl sites for hydroxylation is 2. The van der Waals surface area contributed by atoms with E-state index >= 15 is 0 Å². The smallest absolute Gasteiger partial charge is 0.343 e. The quantitative estimate of drug-likeness (QED) is 0.425. The summed E-state index contributed by atoms with van der Waals surface area (Å²) in [4.78, 5) is 7.99. The lowest BCUT2D eigenvalue weighted by Gasteiger charge is -2.08. The maximum atomic E-state index is 12.9. The van der Waals surface area contributed by atoms with Crippen molar-refractivity contribution in [3.63, 3.8) is 0 Å². The van der Waals surface area contributed by atoms with Gasteiger partial charge >= 0.3 is 6.18 Å². The van der Waals surface area contributed by atoms with Gasteiger partial charge in [0.25, 0.3) is 0 Å². The molecule has 0 saturated heterocycles. The molecule has 0 N–H and O–H groups in total. The van der Waals surface area contributed by atoms with E-state index in [4.69, 9.17) is 11.6 Å². The molecule has 0 saturated carbocycles. The van der Waals surface area contributed by atoms with Crippen LogP contribution in [0.4, 0.5) is 13.2 Å². The van der Waals surface area contributed by atoms with Crippen LogP contribution in [0.15, 0.2) is 48.8 Å². The second-order valence-electron chi connectivity index (χ2n) is 6.66. The zero-order chi connectivity index (χ0) is 20.1. The fourth-order valence-electron chi connectivity index (χ4n) is 3.28. The van der Waals surface area contributed by atoms with Gasteiger partial charge in [0.1, 0.15) is 11.0 Å². The lowest BCUT2D eigenvalue weighted by atomic mass is 10.1. The molecule has 0 spiro atoms. The van der Waals surface area contributed by atoms with Crippen molar-refractivity contribution < 1.29 is 13.2 Å². The van der Waals surface area contributed by atoms with Gasteiger partial charge in [0, 0.05) is 42.6 Å². The van der Waals surface area contributed by atoms with Gasteiger partial charge in [0.15, 0.2) is 5.69 Å². The molecule has 144 valence electrons. The molecule has 4 aromatic rings. The minimum Gasteiger partial charge on any atom is -0.343 e. The molecule has 0 aliphatic carbocycles. The van der Waals surface area contributed by atoms with Gasteiger partial charge in [0.2, 0.25) is 0 Å². The van der Waals surface area contributed by atoms with Crippen molar-refractivity contribution in [3.8, 4) is 11.4 Å². The average molecular weight is 405 g/mol. The van der Waals surface area contributed by atoms with Gasteiger partial charge in [-0.25, -0.2) is 9.97 Å². The normalized spacial score (nSPS) is 12.1. The molecular formula is C20H16ClF3N4. The van der Waals surface area contributed by atoms with Gasteiger partial charge in [-0.1, -0.05) is 35.9 Å². The minimum absolute atomic E-state index is 0.277. The number of halogens is 4. The number of hydrogen-bond acceptors (Lipinski definition) is 2. The molecule has 4 nitrogen and oxygen atoms in total. The van der Waals surface area contributed by atoms with E-state index in [-0.39, 0.29) is 5.82 Å². The van der Waals surface area contributed by atoms with Crippen LogP contribution in [-0.4, -0.2) is 19.1 Å². The van der Waals surface area contributed by atoms with E-state index < -0.39 is 11.9 Å². The molecule has 0 fully saturated rings. The molecule has 0 aliphatic rings. The van der Waals surface area contributed by atoms with Gasteiger partial charge in [-0.2, -0.15) is 13.2 Å². The Labute approximate surface area is 164 Å². The molecular weight excluding hydrogens is 389 g/mol. The molecule has 1 aromatic carbocycles. The van der Waals surface area contributed by atoms with Crippen molar-refractivity contribution in [3.05, 3.63) is 70.9 Å². The van der Waals surface area contributed by atoms with Crippen LogP contribution >= 0.6 is 11.6 Å². The Morgan fingerprint density at radius 2 is 1.79 bits per heavy atom. The Morgan fingerprint density at radius 3 is 2.43 bits per heavy atom. The highest BCUT2D eigenvalue weighted by Gasteiger charge is 2.34. The number of nitrogens with zero attached hydrogens (tertiary/aromatic N) is 4. The summed E-state index contributed by atoms with van der Waals surface area (Å²) in [6, 6.07) is 11.2. The van der Waals surface area contributed by atoms with Crippen LogP contribution in [0, 0.1) is 6.92 Å². The van der Waals surface area contributed by atoms with Crippen molar-refractivity contribution in [2.24, 2.45) is 7.05 Å². The topological polar surface area (TPSA) is 35.6 Å². The summed E-state index contributed by atoms with van der Waals surface area (Å²) in [5.41, 5.74) is 2.60. The van der Waals surface area contributed by atoms with Gasteiger partial charge in [-0.05, 0) is 24.6 Å². The number of alkyl halides is 3. The number of hydrogen-bond donors (Lipinski definition) is 0. The lowest BCUT2D eigenvalue weighted by Crippen LogP contribution is -2.04. The van der Waals surface area contributed by atoms with Gasteiger partial charge < -0.3 is 9.13 Å². The third kappa shape index (κ3) is 3.38. The van der Waals surface area contributed by atoms with Crippen LogP contribution in [0.2, 0.25) is 5.15 Å². The van der Waals surface area contributed by atoms with Crippen LogP contribution in [0.1, 0.15) is 17.0 Å². The molecule has 8 heteroatoms. The number of benzene rings is 1. The molecule has 28 heavy (non-hydrogen) atoms. The van der Waals surface area contributed by atoms with E-state index in [1.807, 2.05) is 37.4 Å². The third-order valence-corrected chi connectivity index (χ3v) is 4.85. The Morgan fingerprint density at radius 1 is 1.07 bits per heavy atom. The van der Waals surface area contributed by atoms with Crippen LogP contribution < -0.4 is 0 Å². The van der Waals surface area contributed by atoms with E-state index in [1.165, 1.54) is 4.57 Å². The van der Waals surface area contributed by atoms with Crippen molar-refractivity contribution in [1.29, 1.82) is 0 Å². The number of fused-ring (bicyclic) bond motifs is 1. The summed E-state index contributed by atoms with van der Waals surface area (Å²) < 4.78 is 42.0. The number of pyridine rings is 1. The molecule has 0 aliphatic heterocycles. The minimum atomic E-state index is -4.46. The first-order valence-corrected chi connectivity index (χ1v) is 8.92. The van der Waals surface area contributed by atoms with Gasteiger partial charge in [-0.15, -0.1) is 0 Å². The van der Waals surface area contributed by atoms with Gasteiger partial charge in [-0.3, -0.25) is 0 Å². The monoisotopic (exact) mass is 404 g/mol. The van der Waals surface area contributed by atoms with Crippen LogP contribution in [0.5, 0.6) is 0 Å². The van der Waals surface area contributed by atoms with Crippen LogP contribution in [-0.2, 0) is 19.8 Å². The highest BCUT2D eigenvalue weighted by Crippen LogP contribution is 2.31. The largest absolute Gasteiger partial charge is 0.434 e. The number of rotatable bonds is 3. The summed E-state index contributed by atoms with van der Waals surface area (Å²) in [5, 5.41) is 1.48. The molecule has 0 amide bonds. The Kier molecular flexibility index (Phi) is 4.42. The molecule has 3 heterocycles. The molecule has 0 unspecified atom stereocenters. The molecule has 0 bridgehead atoms. The highest BCUT2D eigenvalue weighted by molar-refractivity contribution is 6.30. The maximum Gasteiger partial charge on any atom is 0.434 e. The summed E-state index contributed by atoms with van der Waals surface area (Å²) in [5.74, 6) is 0.277. The lowest BCUT2D eigenvalue weighted by molar-refractivity contribution is -0.140. The predicted molar refractivity (Wildman–Crippen MR) is 102 cm³/mol. The second-order valence-corrected chi connectivity index (χ2v) is 7.05. The third-order valence-electron chi connectivity index (χ3n) is 4.66. The summed E-state index contributed by atoms with van der Waals surface area (Å²) in [6.07, 6.45) is -1.49. The summed E-state index contributed by atoms with van der Waals surface area (Å²) in [6.45, 7) is 2.52. The van der Waals surface area contributed by atoms with E-state index in [2.05, 4.69) is 14.5 Å². The number of imidazole rings is 1. The zero-order valence-corrected chi connectivity index (χ0v) is 15.9. The Balaban J connectivity index is 1.62. The van der Waals surface area contributed by atoms with Crippen LogP contribution in [0.3, 0.4) is 0 Å². The summed E-state index contributed by atoms with van der Waals surface area (Å²) >= 11 is 6.08. The van der Waals surface area contributed by atoms with E-state index in [0.717, 1.165) is 28.4 Å². The van der Waals surface area contributed by atoms with Crippen molar-refractivity contribution >= 4 is 22.5 Å². The molecule has 0 atom stereocenters. The first kappa shape index (κ1) is 18.6. The first-order chi connectivity index (χ1) is 13.2. The molecule has 4 rings (SSSR count). The van der Waals surface area contributed by atoms with E-state index in [0.29, 0.717) is 17.3 Å². The highest BCUT2D eigenvalue weighted by atomic mass is 35.5. The van der Waals surface area contributed by atoms with Crippen LogP contribution in [0.25, 0.3) is 22.3 Å². The maximum absolute atomic E-state index is 12.9. The first-order valence-electron chi connectivity index (χ1n) is 8.54.